The third kappa shape index (κ3) is 3.68. The number of carbonyl (C=O) groups is 2. The average molecular weight is 419 g/mol. The van der Waals surface area contributed by atoms with Gasteiger partial charge >= 0.3 is 0 Å². The highest BCUT2D eigenvalue weighted by Gasteiger charge is 2.32. The molecule has 0 unspecified atom stereocenters. The summed E-state index contributed by atoms with van der Waals surface area (Å²) in [5.74, 6) is -1.02. The van der Waals surface area contributed by atoms with Gasteiger partial charge in [-0.2, -0.15) is 4.31 Å². The molecule has 8 nitrogen and oxygen atoms in total. The maximum Gasteiger partial charge on any atom is 0.262 e. The molecular weight excluding hydrogens is 401 g/mol. The van der Waals surface area contributed by atoms with Gasteiger partial charge in [-0.25, -0.2) is 12.8 Å². The first-order valence-electron chi connectivity index (χ1n) is 8.97. The van der Waals surface area contributed by atoms with Crippen molar-refractivity contribution in [3.8, 4) is 5.75 Å². The predicted octanol–water partition coefficient (Wildman–Crippen LogP) is 1.30. The second-order valence-electron chi connectivity index (χ2n) is 6.67. The van der Waals surface area contributed by atoms with Crippen LogP contribution in [0.25, 0.3) is 0 Å². The topological polar surface area (TPSA) is 96.0 Å². The third-order valence-electron chi connectivity index (χ3n) is 4.85. The number of anilines is 1. The normalized spacial score (nSPS) is 17.3. The minimum Gasteiger partial charge on any atom is -0.482 e. The van der Waals surface area contributed by atoms with Gasteiger partial charge in [0.2, 0.25) is 10.0 Å². The zero-order valence-electron chi connectivity index (χ0n) is 15.3. The van der Waals surface area contributed by atoms with Crippen molar-refractivity contribution < 1.29 is 27.1 Å². The fourth-order valence-electron chi connectivity index (χ4n) is 3.31. The molecule has 10 heteroatoms. The van der Waals surface area contributed by atoms with E-state index >= 15 is 0 Å². The Bertz CT molecular complexity index is 1080. The summed E-state index contributed by atoms with van der Waals surface area (Å²) in [4.78, 5) is 25.4. The molecule has 29 heavy (non-hydrogen) atoms. The first-order valence-corrected chi connectivity index (χ1v) is 10.4. The van der Waals surface area contributed by atoms with Gasteiger partial charge in [0.1, 0.15) is 11.6 Å². The number of carbonyl (C=O) groups excluding carboxylic acids is 2. The van der Waals surface area contributed by atoms with Crippen LogP contribution in [0.4, 0.5) is 10.1 Å². The molecular formula is C19H18FN3O5S. The highest BCUT2D eigenvalue weighted by molar-refractivity contribution is 7.89. The van der Waals surface area contributed by atoms with E-state index in [4.69, 9.17) is 4.74 Å². The van der Waals surface area contributed by atoms with E-state index in [1.807, 2.05) is 0 Å². The van der Waals surface area contributed by atoms with Crippen molar-refractivity contribution in [1.29, 1.82) is 0 Å². The zero-order chi connectivity index (χ0) is 20.6. The van der Waals surface area contributed by atoms with Gasteiger partial charge in [-0.15, -0.1) is 0 Å². The summed E-state index contributed by atoms with van der Waals surface area (Å²) in [5, 5.41) is 2.59. The van der Waals surface area contributed by atoms with Crippen molar-refractivity contribution in [3.05, 3.63) is 53.8 Å². The standard InChI is InChI=1S/C19H18FN3O5S/c20-15-4-2-1-3-14(15)19(25)22-7-9-23(10-8-22)29(26,27)13-5-6-17-16(11-13)21-18(24)12-28-17/h1-6,11H,7-10,12H2,(H,21,24). The molecule has 0 bridgehead atoms. The number of halogens is 1. The van der Waals surface area contributed by atoms with Crippen molar-refractivity contribution in [1.82, 2.24) is 9.21 Å². The van der Waals surface area contributed by atoms with Crippen molar-refractivity contribution in [3.63, 3.8) is 0 Å². The summed E-state index contributed by atoms with van der Waals surface area (Å²) in [6.45, 7) is 0.358. The second-order valence-corrected chi connectivity index (χ2v) is 8.61. The minimum atomic E-state index is -3.82. The molecule has 152 valence electrons. The van der Waals surface area contributed by atoms with Gasteiger partial charge in [-0.3, -0.25) is 9.59 Å². The van der Waals surface area contributed by atoms with Crippen LogP contribution < -0.4 is 10.1 Å². The molecule has 2 aliphatic rings. The van der Waals surface area contributed by atoms with E-state index < -0.39 is 21.7 Å². The van der Waals surface area contributed by atoms with E-state index in [0.717, 1.165) is 0 Å². The van der Waals surface area contributed by atoms with E-state index in [1.54, 1.807) is 6.07 Å². The van der Waals surface area contributed by atoms with Crippen LogP contribution in [-0.2, 0) is 14.8 Å². The first kappa shape index (κ1) is 19.3. The lowest BCUT2D eigenvalue weighted by Crippen LogP contribution is -2.50. The Kier molecular flexibility index (Phi) is 4.97. The van der Waals surface area contributed by atoms with Crippen LogP contribution in [0, 0.1) is 5.82 Å². The van der Waals surface area contributed by atoms with E-state index in [2.05, 4.69) is 5.32 Å². The molecule has 2 aromatic rings. The van der Waals surface area contributed by atoms with Crippen LogP contribution in [0.5, 0.6) is 5.75 Å². The quantitative estimate of drug-likeness (QED) is 0.809. The van der Waals surface area contributed by atoms with Crippen LogP contribution in [0.15, 0.2) is 47.4 Å². The molecule has 0 spiro atoms. The van der Waals surface area contributed by atoms with Gasteiger partial charge in [0.15, 0.2) is 6.61 Å². The lowest BCUT2D eigenvalue weighted by atomic mass is 10.1. The lowest BCUT2D eigenvalue weighted by Gasteiger charge is -2.34. The van der Waals surface area contributed by atoms with Crippen molar-refractivity contribution in [2.45, 2.75) is 4.90 Å². The Morgan fingerprint density at radius 3 is 2.52 bits per heavy atom. The molecule has 2 amide bonds. The Morgan fingerprint density at radius 1 is 1.07 bits per heavy atom. The molecule has 0 radical (unpaired) electrons. The monoisotopic (exact) mass is 419 g/mol. The van der Waals surface area contributed by atoms with Crippen LogP contribution in [0.3, 0.4) is 0 Å². The van der Waals surface area contributed by atoms with Crippen LogP contribution in [0.2, 0.25) is 0 Å². The van der Waals surface area contributed by atoms with E-state index in [0.29, 0.717) is 11.4 Å². The highest BCUT2D eigenvalue weighted by Crippen LogP contribution is 2.31. The van der Waals surface area contributed by atoms with Gasteiger partial charge in [-0.05, 0) is 30.3 Å². The maximum absolute atomic E-state index is 13.9. The summed E-state index contributed by atoms with van der Waals surface area (Å²) in [6, 6.07) is 9.98. The maximum atomic E-state index is 13.9. The number of benzene rings is 2. The number of ether oxygens (including phenoxy) is 1. The Labute approximate surface area is 166 Å². The third-order valence-corrected chi connectivity index (χ3v) is 6.75. The molecule has 0 atom stereocenters. The van der Waals surface area contributed by atoms with Crippen molar-refractivity contribution in [2.24, 2.45) is 0 Å². The number of nitrogens with zero attached hydrogens (tertiary/aromatic N) is 2. The van der Waals surface area contributed by atoms with Gasteiger partial charge in [0, 0.05) is 26.2 Å². The molecule has 0 aliphatic carbocycles. The molecule has 0 aromatic heterocycles. The van der Waals surface area contributed by atoms with Crippen LogP contribution in [0.1, 0.15) is 10.4 Å². The Morgan fingerprint density at radius 2 is 1.79 bits per heavy atom. The zero-order valence-corrected chi connectivity index (χ0v) is 16.1. The van der Waals surface area contributed by atoms with Crippen LogP contribution >= 0.6 is 0 Å². The molecule has 4 rings (SSSR count). The lowest BCUT2D eigenvalue weighted by molar-refractivity contribution is -0.118. The highest BCUT2D eigenvalue weighted by atomic mass is 32.2. The average Bonchev–Trinajstić information content (AvgIpc) is 2.73. The minimum absolute atomic E-state index is 0.0240. The van der Waals surface area contributed by atoms with E-state index in [1.165, 1.54) is 45.6 Å². The number of sulfonamides is 1. The number of hydrogen-bond donors (Lipinski definition) is 1. The summed E-state index contributed by atoms with van der Waals surface area (Å²) < 4.78 is 46.3. The molecule has 0 saturated carbocycles. The number of nitrogens with one attached hydrogen (secondary N) is 1. The first-order chi connectivity index (χ1) is 13.9. The molecule has 2 heterocycles. The van der Waals surface area contributed by atoms with Gasteiger partial charge in [0.25, 0.3) is 11.8 Å². The Hall–Kier alpha value is -2.98. The largest absolute Gasteiger partial charge is 0.482 e. The van der Waals surface area contributed by atoms with Crippen molar-refractivity contribution in [2.75, 3.05) is 38.1 Å². The fraction of sp³-hybridized carbons (Fsp3) is 0.263. The van der Waals surface area contributed by atoms with Gasteiger partial charge < -0.3 is 15.0 Å². The van der Waals surface area contributed by atoms with E-state index in [9.17, 15) is 22.4 Å². The summed E-state index contributed by atoms with van der Waals surface area (Å²) >= 11 is 0. The molecule has 1 saturated heterocycles. The number of amides is 2. The Balaban J connectivity index is 1.48. The van der Waals surface area contributed by atoms with Crippen molar-refractivity contribution >= 4 is 27.5 Å². The smallest absolute Gasteiger partial charge is 0.262 e. The molecule has 1 fully saturated rings. The fourth-order valence-corrected chi connectivity index (χ4v) is 4.76. The SMILES string of the molecule is O=C1COc2ccc(S(=O)(=O)N3CCN(C(=O)c4ccccc4F)CC3)cc2N1. The molecule has 2 aliphatic heterocycles. The number of hydrogen-bond acceptors (Lipinski definition) is 5. The number of piperazine rings is 1. The summed E-state index contributed by atoms with van der Waals surface area (Å²) in [6.07, 6.45) is 0. The van der Waals surface area contributed by atoms with Crippen LogP contribution in [-0.4, -0.2) is 62.2 Å². The molecule has 1 N–H and O–H groups in total. The van der Waals surface area contributed by atoms with Gasteiger partial charge in [0.05, 0.1) is 16.1 Å². The molecule has 2 aromatic carbocycles. The van der Waals surface area contributed by atoms with E-state index in [-0.39, 0.29) is 49.2 Å². The number of rotatable bonds is 3. The second kappa shape index (κ2) is 7.45. The van der Waals surface area contributed by atoms with Gasteiger partial charge in [-0.1, -0.05) is 12.1 Å². The predicted molar refractivity (Wildman–Crippen MR) is 102 cm³/mol. The summed E-state index contributed by atoms with van der Waals surface area (Å²) in [5.41, 5.74) is 0.268. The number of fused-ring (bicyclic) bond motifs is 1. The summed E-state index contributed by atoms with van der Waals surface area (Å²) in [7, 11) is -3.82.